The van der Waals surface area contributed by atoms with E-state index in [0.29, 0.717) is 0 Å². The van der Waals surface area contributed by atoms with E-state index < -0.39 is 12.1 Å². The maximum atomic E-state index is 11.8. The molecule has 3 N–H and O–H groups in total. The molecule has 1 fully saturated rings. The number of alkyl halides is 3. The number of carbonyl (C=O) groups excluding carboxylic acids is 1. The van der Waals surface area contributed by atoms with Crippen molar-refractivity contribution in [3.63, 3.8) is 0 Å². The molecule has 0 atom stereocenters. The van der Waals surface area contributed by atoms with Gasteiger partial charge in [-0.15, -0.1) is 0 Å². The standard InChI is InChI=1S/C9H15F3N2O/c10-9(11,12)8(15)14-5-6-1-3-7(13)4-2-6/h6-7H,1-5,13H2,(H,14,15)/t6-,7-. The van der Waals surface area contributed by atoms with Gasteiger partial charge in [-0.1, -0.05) is 0 Å². The summed E-state index contributed by atoms with van der Waals surface area (Å²) in [6.07, 6.45) is -1.54. The lowest BCUT2D eigenvalue weighted by Gasteiger charge is -2.26. The Morgan fingerprint density at radius 3 is 2.27 bits per heavy atom. The predicted octanol–water partition coefficient (Wildman–Crippen LogP) is 1.18. The molecule has 1 aliphatic carbocycles. The molecule has 6 heteroatoms. The highest BCUT2D eigenvalue weighted by Gasteiger charge is 2.38. The number of carbonyl (C=O) groups is 1. The fourth-order valence-electron chi connectivity index (χ4n) is 1.73. The van der Waals surface area contributed by atoms with E-state index in [-0.39, 0.29) is 18.5 Å². The molecule has 0 saturated heterocycles. The summed E-state index contributed by atoms with van der Waals surface area (Å²) in [5.41, 5.74) is 5.65. The van der Waals surface area contributed by atoms with Crippen LogP contribution in [0, 0.1) is 5.92 Å². The van der Waals surface area contributed by atoms with Crippen LogP contribution in [0.2, 0.25) is 0 Å². The summed E-state index contributed by atoms with van der Waals surface area (Å²) in [6, 6.07) is 0.166. The van der Waals surface area contributed by atoms with Gasteiger partial charge < -0.3 is 11.1 Å². The van der Waals surface area contributed by atoms with Crippen molar-refractivity contribution in [3.8, 4) is 0 Å². The van der Waals surface area contributed by atoms with Crippen LogP contribution in [0.15, 0.2) is 0 Å². The zero-order chi connectivity index (χ0) is 11.5. The number of amides is 1. The van der Waals surface area contributed by atoms with Crippen LogP contribution in [0.5, 0.6) is 0 Å². The van der Waals surface area contributed by atoms with Crippen molar-refractivity contribution < 1.29 is 18.0 Å². The molecule has 88 valence electrons. The van der Waals surface area contributed by atoms with Crippen LogP contribution in [-0.2, 0) is 4.79 Å². The van der Waals surface area contributed by atoms with E-state index in [1.54, 1.807) is 0 Å². The molecular weight excluding hydrogens is 209 g/mol. The van der Waals surface area contributed by atoms with Gasteiger partial charge in [0.05, 0.1) is 0 Å². The summed E-state index contributed by atoms with van der Waals surface area (Å²) in [7, 11) is 0. The van der Waals surface area contributed by atoms with Crippen molar-refractivity contribution in [2.24, 2.45) is 11.7 Å². The predicted molar refractivity (Wildman–Crippen MR) is 49.0 cm³/mol. The van der Waals surface area contributed by atoms with Gasteiger partial charge in [-0.25, -0.2) is 0 Å². The van der Waals surface area contributed by atoms with Crippen LogP contribution in [0.25, 0.3) is 0 Å². The van der Waals surface area contributed by atoms with Gasteiger partial charge in [-0.3, -0.25) is 4.79 Å². The highest BCUT2D eigenvalue weighted by Crippen LogP contribution is 2.23. The Bertz CT molecular complexity index is 222. The van der Waals surface area contributed by atoms with Crippen LogP contribution < -0.4 is 11.1 Å². The molecular formula is C9H15F3N2O. The highest BCUT2D eigenvalue weighted by atomic mass is 19.4. The van der Waals surface area contributed by atoms with Gasteiger partial charge >= 0.3 is 12.1 Å². The molecule has 0 radical (unpaired) electrons. The quantitative estimate of drug-likeness (QED) is 0.740. The first-order valence-corrected chi connectivity index (χ1v) is 5.00. The Balaban J connectivity index is 2.23. The van der Waals surface area contributed by atoms with E-state index in [1.807, 2.05) is 5.32 Å². The first-order valence-electron chi connectivity index (χ1n) is 5.00. The maximum Gasteiger partial charge on any atom is 0.471 e. The smallest absolute Gasteiger partial charge is 0.348 e. The molecule has 0 bridgehead atoms. The van der Waals surface area contributed by atoms with E-state index in [1.165, 1.54) is 0 Å². The Kier molecular flexibility index (Phi) is 3.96. The largest absolute Gasteiger partial charge is 0.471 e. The van der Waals surface area contributed by atoms with Gasteiger partial charge in [0, 0.05) is 12.6 Å². The molecule has 0 aliphatic heterocycles. The third kappa shape index (κ3) is 4.07. The number of hydrogen-bond acceptors (Lipinski definition) is 2. The third-order valence-electron chi connectivity index (χ3n) is 2.70. The van der Waals surface area contributed by atoms with Crippen LogP contribution in [-0.4, -0.2) is 24.7 Å². The fraction of sp³-hybridized carbons (Fsp3) is 0.889. The Morgan fingerprint density at radius 1 is 1.27 bits per heavy atom. The van der Waals surface area contributed by atoms with Crippen molar-refractivity contribution in [1.82, 2.24) is 5.32 Å². The first-order chi connectivity index (χ1) is 6.89. The lowest BCUT2D eigenvalue weighted by atomic mass is 9.86. The Labute approximate surface area is 86.2 Å². The molecule has 0 spiro atoms. The zero-order valence-electron chi connectivity index (χ0n) is 8.31. The second-order valence-electron chi connectivity index (χ2n) is 3.99. The molecule has 0 aromatic heterocycles. The van der Waals surface area contributed by atoms with Gasteiger partial charge in [0.25, 0.3) is 0 Å². The minimum Gasteiger partial charge on any atom is -0.348 e. The molecule has 0 heterocycles. The second kappa shape index (κ2) is 4.83. The maximum absolute atomic E-state index is 11.8. The molecule has 3 nitrogen and oxygen atoms in total. The van der Waals surface area contributed by atoms with E-state index in [0.717, 1.165) is 25.7 Å². The normalized spacial score (nSPS) is 27.5. The number of halogens is 3. The van der Waals surface area contributed by atoms with Crippen LogP contribution in [0.1, 0.15) is 25.7 Å². The summed E-state index contributed by atoms with van der Waals surface area (Å²) in [6.45, 7) is 0.102. The van der Waals surface area contributed by atoms with Crippen molar-refractivity contribution >= 4 is 5.91 Å². The van der Waals surface area contributed by atoms with E-state index in [4.69, 9.17) is 5.73 Å². The summed E-state index contributed by atoms with van der Waals surface area (Å²) < 4.78 is 35.5. The van der Waals surface area contributed by atoms with Crippen molar-refractivity contribution in [2.75, 3.05) is 6.54 Å². The van der Waals surface area contributed by atoms with Gasteiger partial charge in [0.2, 0.25) is 0 Å². The third-order valence-corrected chi connectivity index (χ3v) is 2.70. The molecule has 1 rings (SSSR count). The average molecular weight is 224 g/mol. The zero-order valence-corrected chi connectivity index (χ0v) is 8.31. The number of nitrogens with two attached hydrogens (primary N) is 1. The molecule has 1 amide bonds. The second-order valence-corrected chi connectivity index (χ2v) is 3.99. The van der Waals surface area contributed by atoms with E-state index >= 15 is 0 Å². The van der Waals surface area contributed by atoms with Gasteiger partial charge in [0.15, 0.2) is 0 Å². The highest BCUT2D eigenvalue weighted by molar-refractivity contribution is 5.81. The lowest BCUT2D eigenvalue weighted by Crippen LogP contribution is -2.40. The van der Waals surface area contributed by atoms with Gasteiger partial charge in [0.1, 0.15) is 0 Å². The molecule has 1 saturated carbocycles. The number of hydrogen-bond donors (Lipinski definition) is 2. The topological polar surface area (TPSA) is 55.1 Å². The SMILES string of the molecule is N[C@H]1CC[C@H](CNC(=O)C(F)(F)F)CC1. The van der Waals surface area contributed by atoms with Crippen molar-refractivity contribution in [1.29, 1.82) is 0 Å². The summed E-state index contributed by atoms with van der Waals surface area (Å²) >= 11 is 0. The fourth-order valence-corrected chi connectivity index (χ4v) is 1.73. The molecule has 1 aliphatic rings. The molecule has 0 unspecified atom stereocenters. The van der Waals surface area contributed by atoms with Crippen LogP contribution in [0.4, 0.5) is 13.2 Å². The van der Waals surface area contributed by atoms with Crippen LogP contribution >= 0.6 is 0 Å². The number of rotatable bonds is 2. The monoisotopic (exact) mass is 224 g/mol. The van der Waals surface area contributed by atoms with Crippen molar-refractivity contribution in [2.45, 2.75) is 37.9 Å². The minimum atomic E-state index is -4.77. The van der Waals surface area contributed by atoms with Crippen molar-refractivity contribution in [3.05, 3.63) is 0 Å². The van der Waals surface area contributed by atoms with E-state index in [9.17, 15) is 18.0 Å². The minimum absolute atomic E-state index is 0.102. The summed E-state index contributed by atoms with van der Waals surface area (Å²) in [5.74, 6) is -1.71. The lowest BCUT2D eigenvalue weighted by molar-refractivity contribution is -0.173. The molecule has 15 heavy (non-hydrogen) atoms. The summed E-state index contributed by atoms with van der Waals surface area (Å²) in [5, 5.41) is 1.90. The average Bonchev–Trinajstić information content (AvgIpc) is 2.15. The first kappa shape index (κ1) is 12.3. The Morgan fingerprint density at radius 2 is 1.80 bits per heavy atom. The van der Waals surface area contributed by atoms with Crippen LogP contribution in [0.3, 0.4) is 0 Å². The van der Waals surface area contributed by atoms with Gasteiger partial charge in [-0.2, -0.15) is 13.2 Å². The van der Waals surface area contributed by atoms with E-state index in [2.05, 4.69) is 0 Å². The van der Waals surface area contributed by atoms with Gasteiger partial charge in [-0.05, 0) is 31.6 Å². The Hall–Kier alpha value is -0.780. The molecule has 0 aromatic carbocycles. The molecule has 0 aromatic rings. The summed E-state index contributed by atoms with van der Waals surface area (Å²) in [4.78, 5) is 10.5. The number of nitrogens with one attached hydrogen (secondary N) is 1.